The third kappa shape index (κ3) is 3.82. The summed E-state index contributed by atoms with van der Waals surface area (Å²) in [5, 5.41) is 7.66. The molecule has 6 heteroatoms. The number of amides is 1. The van der Waals surface area contributed by atoms with Crippen LogP contribution in [0.1, 0.15) is 13.3 Å². The number of ether oxygens (including phenoxy) is 1. The van der Waals surface area contributed by atoms with E-state index in [0.29, 0.717) is 30.5 Å². The minimum absolute atomic E-state index is 0.103. The molecule has 0 aliphatic carbocycles. The van der Waals surface area contributed by atoms with Gasteiger partial charge in [0.1, 0.15) is 5.82 Å². The van der Waals surface area contributed by atoms with Crippen molar-refractivity contribution in [3.63, 3.8) is 0 Å². The van der Waals surface area contributed by atoms with Crippen LogP contribution in [0, 0.1) is 0 Å². The second-order valence-electron chi connectivity index (χ2n) is 4.10. The van der Waals surface area contributed by atoms with Gasteiger partial charge in [0.25, 0.3) is 0 Å². The van der Waals surface area contributed by atoms with Gasteiger partial charge in [-0.1, -0.05) is 11.6 Å². The summed E-state index contributed by atoms with van der Waals surface area (Å²) in [5.74, 6) is 0.517. The minimum Gasteiger partial charge on any atom is -0.381 e. The maximum absolute atomic E-state index is 11.8. The smallest absolute Gasteiger partial charge is 0.227 e. The minimum atomic E-state index is -0.103. The summed E-state index contributed by atoms with van der Waals surface area (Å²) in [7, 11) is 0. The third-order valence-corrected chi connectivity index (χ3v) is 2.91. The fraction of sp³-hybridized carbons (Fsp3) is 0.286. The molecular weight excluding hydrogens is 278 g/mol. The molecule has 1 aromatic heterocycles. The third-order valence-electron chi connectivity index (χ3n) is 2.66. The van der Waals surface area contributed by atoms with Crippen molar-refractivity contribution >= 4 is 23.3 Å². The maximum atomic E-state index is 11.8. The number of nitrogens with one attached hydrogen (secondary N) is 1. The molecule has 1 amide bonds. The number of anilines is 1. The summed E-state index contributed by atoms with van der Waals surface area (Å²) in [6, 6.07) is 8.97. The highest BCUT2D eigenvalue weighted by molar-refractivity contribution is 6.30. The zero-order valence-electron chi connectivity index (χ0n) is 11.2. The summed E-state index contributed by atoms with van der Waals surface area (Å²) in [6.45, 7) is 2.92. The molecule has 0 bridgehead atoms. The van der Waals surface area contributed by atoms with Gasteiger partial charge in [0, 0.05) is 17.7 Å². The largest absolute Gasteiger partial charge is 0.381 e. The molecule has 1 N–H and O–H groups in total. The molecule has 1 aromatic carbocycles. The van der Waals surface area contributed by atoms with Gasteiger partial charge in [-0.2, -0.15) is 5.10 Å². The second kappa shape index (κ2) is 7.07. The van der Waals surface area contributed by atoms with Crippen LogP contribution in [0.5, 0.6) is 0 Å². The summed E-state index contributed by atoms with van der Waals surface area (Å²) in [5.41, 5.74) is 0.833. The van der Waals surface area contributed by atoms with Crippen LogP contribution in [0.2, 0.25) is 5.02 Å². The molecule has 106 valence electrons. The van der Waals surface area contributed by atoms with Crippen molar-refractivity contribution in [2.24, 2.45) is 0 Å². The van der Waals surface area contributed by atoms with E-state index in [4.69, 9.17) is 16.3 Å². The van der Waals surface area contributed by atoms with Gasteiger partial charge >= 0.3 is 0 Å². The van der Waals surface area contributed by atoms with Gasteiger partial charge < -0.3 is 10.1 Å². The lowest BCUT2D eigenvalue weighted by Gasteiger charge is -2.09. The molecule has 2 aromatic rings. The van der Waals surface area contributed by atoms with Crippen molar-refractivity contribution in [3.8, 4) is 5.69 Å². The van der Waals surface area contributed by atoms with E-state index in [-0.39, 0.29) is 5.91 Å². The number of hydrogen-bond acceptors (Lipinski definition) is 3. The number of aromatic nitrogens is 2. The van der Waals surface area contributed by atoms with Gasteiger partial charge in [-0.3, -0.25) is 4.79 Å². The van der Waals surface area contributed by atoms with Gasteiger partial charge in [-0.15, -0.1) is 0 Å². The van der Waals surface area contributed by atoms with Crippen LogP contribution in [-0.4, -0.2) is 28.9 Å². The lowest BCUT2D eigenvalue weighted by Crippen LogP contribution is -2.16. The molecule has 20 heavy (non-hydrogen) atoms. The Labute approximate surface area is 122 Å². The Balaban J connectivity index is 2.05. The average molecular weight is 294 g/mol. The van der Waals surface area contributed by atoms with Crippen LogP contribution in [0.4, 0.5) is 5.82 Å². The van der Waals surface area contributed by atoms with Crippen LogP contribution in [0.25, 0.3) is 5.69 Å². The Kier molecular flexibility index (Phi) is 5.15. The normalized spacial score (nSPS) is 10.5. The van der Waals surface area contributed by atoms with Crippen LogP contribution in [-0.2, 0) is 9.53 Å². The maximum Gasteiger partial charge on any atom is 0.227 e. The van der Waals surface area contributed by atoms with E-state index < -0.39 is 0 Å². The van der Waals surface area contributed by atoms with E-state index >= 15 is 0 Å². The van der Waals surface area contributed by atoms with Gasteiger partial charge in [0.2, 0.25) is 5.91 Å². The standard InChI is InChI=1S/C14H16ClN3O2/c1-2-20-10-8-14(19)17-13-7-9-16-18(13)12-5-3-11(15)4-6-12/h3-7,9H,2,8,10H2,1H3,(H,17,19). The molecule has 0 atom stereocenters. The first-order valence-corrected chi connectivity index (χ1v) is 6.76. The number of carbonyl (C=O) groups excluding carboxylic acids is 1. The van der Waals surface area contributed by atoms with Gasteiger partial charge in [-0.25, -0.2) is 4.68 Å². The van der Waals surface area contributed by atoms with E-state index in [1.165, 1.54) is 0 Å². The van der Waals surface area contributed by atoms with Crippen molar-refractivity contribution in [3.05, 3.63) is 41.6 Å². The van der Waals surface area contributed by atoms with Gasteiger partial charge in [0.15, 0.2) is 0 Å². The Morgan fingerprint density at radius 3 is 2.80 bits per heavy atom. The number of benzene rings is 1. The first kappa shape index (κ1) is 14.6. The van der Waals surface area contributed by atoms with Gasteiger partial charge in [0.05, 0.1) is 24.9 Å². The fourth-order valence-electron chi connectivity index (χ4n) is 1.70. The Hall–Kier alpha value is -1.85. The van der Waals surface area contributed by atoms with Crippen molar-refractivity contribution in [2.75, 3.05) is 18.5 Å². The highest BCUT2D eigenvalue weighted by Gasteiger charge is 2.08. The predicted octanol–water partition coefficient (Wildman–Crippen LogP) is 2.89. The fourth-order valence-corrected chi connectivity index (χ4v) is 1.83. The summed E-state index contributed by atoms with van der Waals surface area (Å²) in [4.78, 5) is 11.8. The Morgan fingerprint density at radius 1 is 1.35 bits per heavy atom. The van der Waals surface area contributed by atoms with Crippen molar-refractivity contribution in [1.82, 2.24) is 9.78 Å². The monoisotopic (exact) mass is 293 g/mol. The summed E-state index contributed by atoms with van der Waals surface area (Å²) in [6.07, 6.45) is 1.95. The van der Waals surface area contributed by atoms with E-state index in [9.17, 15) is 4.79 Å². The van der Waals surface area contributed by atoms with Gasteiger partial charge in [-0.05, 0) is 31.2 Å². The van der Waals surface area contributed by atoms with Crippen molar-refractivity contribution < 1.29 is 9.53 Å². The lowest BCUT2D eigenvalue weighted by molar-refractivity contribution is -0.117. The van der Waals surface area contributed by atoms with Crippen LogP contribution in [0.15, 0.2) is 36.5 Å². The molecule has 2 rings (SSSR count). The Bertz CT molecular complexity index is 566. The zero-order chi connectivity index (χ0) is 14.4. The van der Waals surface area contributed by atoms with Crippen LogP contribution < -0.4 is 5.32 Å². The molecule has 0 saturated carbocycles. The van der Waals surface area contributed by atoms with Crippen molar-refractivity contribution in [2.45, 2.75) is 13.3 Å². The van der Waals surface area contributed by atoms with E-state index in [0.717, 1.165) is 5.69 Å². The zero-order valence-corrected chi connectivity index (χ0v) is 11.9. The van der Waals surface area contributed by atoms with Crippen molar-refractivity contribution in [1.29, 1.82) is 0 Å². The first-order chi connectivity index (χ1) is 9.70. The summed E-state index contributed by atoms with van der Waals surface area (Å²) < 4.78 is 6.80. The first-order valence-electron chi connectivity index (χ1n) is 6.38. The number of hydrogen-bond donors (Lipinski definition) is 1. The number of rotatable bonds is 6. The van der Waals surface area contributed by atoms with E-state index in [1.807, 2.05) is 19.1 Å². The molecule has 0 aliphatic rings. The predicted molar refractivity (Wildman–Crippen MR) is 78.3 cm³/mol. The highest BCUT2D eigenvalue weighted by Crippen LogP contribution is 2.17. The highest BCUT2D eigenvalue weighted by atomic mass is 35.5. The van der Waals surface area contributed by atoms with E-state index in [1.54, 1.807) is 29.1 Å². The van der Waals surface area contributed by atoms with Crippen LogP contribution >= 0.6 is 11.6 Å². The second-order valence-corrected chi connectivity index (χ2v) is 4.54. The molecule has 0 unspecified atom stereocenters. The topological polar surface area (TPSA) is 56.1 Å². The Morgan fingerprint density at radius 2 is 2.10 bits per heavy atom. The number of halogens is 1. The molecule has 0 spiro atoms. The molecule has 0 radical (unpaired) electrons. The average Bonchev–Trinajstić information content (AvgIpc) is 2.88. The molecule has 0 aliphatic heterocycles. The number of nitrogens with zero attached hydrogens (tertiary/aromatic N) is 2. The van der Waals surface area contributed by atoms with E-state index in [2.05, 4.69) is 10.4 Å². The molecule has 0 saturated heterocycles. The summed E-state index contributed by atoms with van der Waals surface area (Å²) >= 11 is 5.85. The quantitative estimate of drug-likeness (QED) is 0.833. The molecule has 5 nitrogen and oxygen atoms in total. The lowest BCUT2D eigenvalue weighted by atomic mass is 10.3. The molecular formula is C14H16ClN3O2. The SMILES string of the molecule is CCOCCC(=O)Nc1ccnn1-c1ccc(Cl)cc1. The molecule has 1 heterocycles. The number of carbonyl (C=O) groups is 1. The van der Waals surface area contributed by atoms with Crippen LogP contribution in [0.3, 0.4) is 0 Å². The molecule has 0 fully saturated rings.